The Morgan fingerprint density at radius 1 is 1.12 bits per heavy atom. The van der Waals surface area contributed by atoms with E-state index in [2.05, 4.69) is 29.1 Å². The molecule has 2 rings (SSSR count). The Kier molecular flexibility index (Phi) is 3.83. The van der Waals surface area contributed by atoms with E-state index in [0.717, 1.165) is 6.54 Å². The van der Waals surface area contributed by atoms with Crippen LogP contribution in [0.2, 0.25) is 0 Å². The predicted octanol–water partition coefficient (Wildman–Crippen LogP) is 2.64. The Bertz CT molecular complexity index is 468. The molecule has 1 N–H and O–H groups in total. The Morgan fingerprint density at radius 2 is 1.82 bits per heavy atom. The molecule has 17 heavy (non-hydrogen) atoms. The van der Waals surface area contributed by atoms with Gasteiger partial charge in [0, 0.05) is 37.4 Å². The van der Waals surface area contributed by atoms with Gasteiger partial charge in [0.05, 0.1) is 0 Å². The molecule has 3 heteroatoms. The van der Waals surface area contributed by atoms with Crippen molar-refractivity contribution in [2.24, 2.45) is 0 Å². The highest BCUT2D eigenvalue weighted by atomic mass is 14.9. The fourth-order valence-corrected chi connectivity index (χ4v) is 1.71. The number of pyridine rings is 2. The smallest absolute Gasteiger partial charge is 0.0315 e. The summed E-state index contributed by atoms with van der Waals surface area (Å²) in [5.74, 6) is 0. The van der Waals surface area contributed by atoms with Crippen LogP contribution in [0.15, 0.2) is 43.0 Å². The maximum Gasteiger partial charge on any atom is 0.0315 e. The van der Waals surface area contributed by atoms with Crippen molar-refractivity contribution in [1.29, 1.82) is 0 Å². The van der Waals surface area contributed by atoms with E-state index in [1.54, 1.807) is 0 Å². The van der Waals surface area contributed by atoms with Crippen molar-refractivity contribution >= 4 is 0 Å². The minimum atomic E-state index is 0.317. The molecular weight excluding hydrogens is 210 g/mol. The second-order valence-corrected chi connectivity index (χ2v) is 4.19. The van der Waals surface area contributed by atoms with Gasteiger partial charge in [0.25, 0.3) is 0 Å². The molecule has 0 aromatic carbocycles. The van der Waals surface area contributed by atoms with Crippen LogP contribution in [0.25, 0.3) is 0 Å². The zero-order valence-electron chi connectivity index (χ0n) is 10.2. The second kappa shape index (κ2) is 5.55. The predicted molar refractivity (Wildman–Crippen MR) is 68.5 cm³/mol. The van der Waals surface area contributed by atoms with Crippen LogP contribution in [0.1, 0.15) is 29.7 Å². The van der Waals surface area contributed by atoms with Crippen molar-refractivity contribution in [1.82, 2.24) is 15.3 Å². The van der Waals surface area contributed by atoms with Crippen molar-refractivity contribution < 1.29 is 0 Å². The molecule has 0 aliphatic carbocycles. The average Bonchev–Trinajstić information content (AvgIpc) is 2.38. The Balaban J connectivity index is 1.97. The molecule has 0 radical (unpaired) electrons. The van der Waals surface area contributed by atoms with Crippen LogP contribution in [0, 0.1) is 6.92 Å². The lowest BCUT2D eigenvalue weighted by Crippen LogP contribution is -2.18. The van der Waals surface area contributed by atoms with Gasteiger partial charge in [-0.05, 0) is 48.7 Å². The number of rotatable bonds is 4. The van der Waals surface area contributed by atoms with E-state index in [1.165, 1.54) is 16.7 Å². The number of nitrogens with one attached hydrogen (secondary N) is 1. The van der Waals surface area contributed by atoms with Crippen LogP contribution in [-0.2, 0) is 6.54 Å². The fraction of sp³-hybridized carbons (Fsp3) is 0.286. The second-order valence-electron chi connectivity index (χ2n) is 4.19. The molecule has 3 nitrogen and oxygen atoms in total. The molecule has 2 aromatic rings. The third-order valence-corrected chi connectivity index (χ3v) is 2.95. The van der Waals surface area contributed by atoms with Crippen LogP contribution in [0.3, 0.4) is 0 Å². The molecule has 0 fully saturated rings. The lowest BCUT2D eigenvalue weighted by Gasteiger charge is -2.14. The van der Waals surface area contributed by atoms with Gasteiger partial charge in [0.15, 0.2) is 0 Å². The van der Waals surface area contributed by atoms with Gasteiger partial charge in [-0.15, -0.1) is 0 Å². The van der Waals surface area contributed by atoms with Crippen molar-refractivity contribution in [3.8, 4) is 0 Å². The highest BCUT2D eigenvalue weighted by molar-refractivity contribution is 5.22. The number of aromatic nitrogens is 2. The van der Waals surface area contributed by atoms with E-state index in [0.29, 0.717) is 6.04 Å². The molecule has 88 valence electrons. The van der Waals surface area contributed by atoms with Gasteiger partial charge in [-0.2, -0.15) is 0 Å². The quantitative estimate of drug-likeness (QED) is 0.872. The average molecular weight is 227 g/mol. The Hall–Kier alpha value is -1.74. The molecule has 2 aromatic heterocycles. The molecule has 0 spiro atoms. The number of nitrogens with zero attached hydrogens (tertiary/aromatic N) is 2. The lowest BCUT2D eigenvalue weighted by molar-refractivity contribution is 0.572. The van der Waals surface area contributed by atoms with Gasteiger partial charge in [-0.3, -0.25) is 9.97 Å². The van der Waals surface area contributed by atoms with Crippen LogP contribution in [0.5, 0.6) is 0 Å². The minimum absolute atomic E-state index is 0.317. The van der Waals surface area contributed by atoms with Crippen molar-refractivity contribution in [2.45, 2.75) is 26.4 Å². The largest absolute Gasteiger partial charge is 0.306 e. The Labute approximate surface area is 102 Å². The monoisotopic (exact) mass is 227 g/mol. The highest BCUT2D eigenvalue weighted by Crippen LogP contribution is 2.12. The highest BCUT2D eigenvalue weighted by Gasteiger charge is 2.05. The zero-order valence-corrected chi connectivity index (χ0v) is 10.2. The van der Waals surface area contributed by atoms with Crippen LogP contribution >= 0.6 is 0 Å². The Morgan fingerprint density at radius 3 is 2.53 bits per heavy atom. The molecule has 0 amide bonds. The van der Waals surface area contributed by atoms with E-state index in [4.69, 9.17) is 0 Å². The first-order chi connectivity index (χ1) is 8.27. The van der Waals surface area contributed by atoms with E-state index in [9.17, 15) is 0 Å². The summed E-state index contributed by atoms with van der Waals surface area (Å²) in [6, 6.07) is 6.42. The molecular formula is C14H17N3. The van der Waals surface area contributed by atoms with Crippen molar-refractivity contribution in [3.05, 3.63) is 59.7 Å². The SMILES string of the molecule is Cc1ccncc1CN[C@H](C)c1ccncc1. The number of hydrogen-bond acceptors (Lipinski definition) is 3. The van der Waals surface area contributed by atoms with Gasteiger partial charge < -0.3 is 5.32 Å². The summed E-state index contributed by atoms with van der Waals surface area (Å²) in [5, 5.41) is 3.49. The molecule has 0 aliphatic rings. The van der Waals surface area contributed by atoms with Gasteiger partial charge in [0.1, 0.15) is 0 Å². The first-order valence-corrected chi connectivity index (χ1v) is 5.80. The standard InChI is InChI=1S/C14H17N3/c1-11-3-6-16-9-14(11)10-17-12(2)13-4-7-15-8-5-13/h3-9,12,17H,10H2,1-2H3/t12-/m1/s1. The maximum atomic E-state index is 4.15. The molecule has 1 atom stereocenters. The van der Waals surface area contributed by atoms with Crippen molar-refractivity contribution in [2.75, 3.05) is 0 Å². The fourth-order valence-electron chi connectivity index (χ4n) is 1.71. The van der Waals surface area contributed by atoms with E-state index < -0.39 is 0 Å². The molecule has 2 heterocycles. The molecule has 0 saturated carbocycles. The third kappa shape index (κ3) is 3.11. The van der Waals surface area contributed by atoms with Crippen LogP contribution in [0.4, 0.5) is 0 Å². The number of aryl methyl sites for hydroxylation is 1. The topological polar surface area (TPSA) is 37.8 Å². The normalized spacial score (nSPS) is 12.4. The first-order valence-electron chi connectivity index (χ1n) is 5.80. The van der Waals surface area contributed by atoms with Gasteiger partial charge in [0.2, 0.25) is 0 Å². The zero-order chi connectivity index (χ0) is 12.1. The minimum Gasteiger partial charge on any atom is -0.306 e. The van der Waals surface area contributed by atoms with Crippen molar-refractivity contribution in [3.63, 3.8) is 0 Å². The summed E-state index contributed by atoms with van der Waals surface area (Å²) >= 11 is 0. The summed E-state index contributed by atoms with van der Waals surface area (Å²) in [5.41, 5.74) is 3.77. The summed E-state index contributed by atoms with van der Waals surface area (Å²) < 4.78 is 0. The van der Waals surface area contributed by atoms with Crippen LogP contribution < -0.4 is 5.32 Å². The molecule has 0 unspecified atom stereocenters. The summed E-state index contributed by atoms with van der Waals surface area (Å²) in [4.78, 5) is 8.17. The van der Waals surface area contributed by atoms with E-state index >= 15 is 0 Å². The lowest BCUT2D eigenvalue weighted by atomic mass is 10.1. The number of hydrogen-bond donors (Lipinski definition) is 1. The van der Waals surface area contributed by atoms with Gasteiger partial charge >= 0.3 is 0 Å². The van der Waals surface area contributed by atoms with Gasteiger partial charge in [-0.1, -0.05) is 0 Å². The van der Waals surface area contributed by atoms with E-state index in [1.807, 2.05) is 43.0 Å². The first kappa shape index (κ1) is 11.7. The summed E-state index contributed by atoms with van der Waals surface area (Å²) in [6.07, 6.45) is 7.39. The third-order valence-electron chi connectivity index (χ3n) is 2.95. The summed E-state index contributed by atoms with van der Waals surface area (Å²) in [6.45, 7) is 5.10. The molecule has 0 saturated heterocycles. The molecule has 0 aliphatic heterocycles. The maximum absolute atomic E-state index is 4.15. The van der Waals surface area contributed by atoms with Gasteiger partial charge in [-0.25, -0.2) is 0 Å². The van der Waals surface area contributed by atoms with Crippen LogP contribution in [-0.4, -0.2) is 9.97 Å². The van der Waals surface area contributed by atoms with E-state index in [-0.39, 0.29) is 0 Å². The molecule has 0 bridgehead atoms. The summed E-state index contributed by atoms with van der Waals surface area (Å²) in [7, 11) is 0.